The molecule has 0 saturated heterocycles. The van der Waals surface area contributed by atoms with Crippen molar-refractivity contribution in [1.29, 1.82) is 0 Å². The highest BCUT2D eigenvalue weighted by molar-refractivity contribution is 6.31. The molecule has 1 N–H and O–H groups in total. The van der Waals surface area contributed by atoms with Crippen molar-refractivity contribution in [3.8, 4) is 5.75 Å². The van der Waals surface area contributed by atoms with E-state index in [-0.39, 0.29) is 24.5 Å². The number of benzene rings is 2. The molecule has 5 nitrogen and oxygen atoms in total. The van der Waals surface area contributed by atoms with Gasteiger partial charge in [0.1, 0.15) is 11.8 Å². The summed E-state index contributed by atoms with van der Waals surface area (Å²) in [6, 6.07) is 15.1. The third-order valence-electron chi connectivity index (χ3n) is 6.31. The van der Waals surface area contributed by atoms with Gasteiger partial charge in [0.25, 0.3) is 5.91 Å². The standard InChI is InChI=1S/C27H35ClN2O3/c1-3-25(27(32)29-22-12-8-5-9-13-22)30(17-16-21-10-6-4-7-11-21)26(31)19-33-23-14-15-24(28)20(2)18-23/h4,6-7,10-11,14-15,18,22,25H,3,5,8-9,12-13,16-17,19H2,1-2H3,(H,29,32)/t25-/m0/s1. The lowest BCUT2D eigenvalue weighted by atomic mass is 9.95. The van der Waals surface area contributed by atoms with Crippen LogP contribution in [0.2, 0.25) is 5.02 Å². The van der Waals surface area contributed by atoms with Crippen molar-refractivity contribution >= 4 is 23.4 Å². The van der Waals surface area contributed by atoms with E-state index in [2.05, 4.69) is 5.32 Å². The van der Waals surface area contributed by atoms with Crippen LogP contribution in [0.25, 0.3) is 0 Å². The van der Waals surface area contributed by atoms with Crippen molar-refractivity contribution < 1.29 is 14.3 Å². The second-order valence-corrected chi connectivity index (χ2v) is 9.20. The Kier molecular flexibility index (Phi) is 9.61. The van der Waals surface area contributed by atoms with E-state index in [1.165, 1.54) is 6.42 Å². The largest absolute Gasteiger partial charge is 0.484 e. The first-order valence-corrected chi connectivity index (χ1v) is 12.4. The van der Waals surface area contributed by atoms with Crippen molar-refractivity contribution in [1.82, 2.24) is 10.2 Å². The van der Waals surface area contributed by atoms with E-state index in [0.717, 1.165) is 36.8 Å². The Morgan fingerprint density at radius 3 is 2.52 bits per heavy atom. The SMILES string of the molecule is CC[C@@H](C(=O)NC1CCCCC1)N(CCc1ccccc1)C(=O)COc1ccc(Cl)c(C)c1. The van der Waals surface area contributed by atoms with Crippen LogP contribution in [0.4, 0.5) is 0 Å². The summed E-state index contributed by atoms with van der Waals surface area (Å²) in [6.45, 7) is 4.19. The monoisotopic (exact) mass is 470 g/mol. The lowest BCUT2D eigenvalue weighted by Gasteiger charge is -2.32. The van der Waals surface area contributed by atoms with E-state index in [1.54, 1.807) is 17.0 Å². The van der Waals surface area contributed by atoms with Crippen LogP contribution in [-0.2, 0) is 16.0 Å². The number of halogens is 1. The van der Waals surface area contributed by atoms with E-state index in [0.29, 0.717) is 30.2 Å². The van der Waals surface area contributed by atoms with Crippen LogP contribution in [-0.4, -0.2) is 41.9 Å². The molecule has 1 fully saturated rings. The third kappa shape index (κ3) is 7.50. The lowest BCUT2D eigenvalue weighted by molar-refractivity contribution is -0.142. The molecule has 1 aliphatic carbocycles. The fourth-order valence-corrected chi connectivity index (χ4v) is 4.49. The molecular formula is C27H35ClN2O3. The number of amides is 2. The fourth-order valence-electron chi connectivity index (χ4n) is 4.38. The topological polar surface area (TPSA) is 58.6 Å². The maximum Gasteiger partial charge on any atom is 0.261 e. The molecule has 2 amide bonds. The molecule has 0 aliphatic heterocycles. The van der Waals surface area contributed by atoms with Crippen LogP contribution < -0.4 is 10.1 Å². The molecule has 0 bridgehead atoms. The minimum absolute atomic E-state index is 0.0619. The summed E-state index contributed by atoms with van der Waals surface area (Å²) in [5.41, 5.74) is 2.02. The Labute approximate surface area is 202 Å². The van der Waals surface area contributed by atoms with Crippen molar-refractivity contribution in [3.63, 3.8) is 0 Å². The molecule has 6 heteroatoms. The van der Waals surface area contributed by atoms with Gasteiger partial charge in [-0.25, -0.2) is 0 Å². The molecule has 0 heterocycles. The van der Waals surface area contributed by atoms with Gasteiger partial charge in [0.2, 0.25) is 5.91 Å². The molecule has 3 rings (SSSR count). The molecule has 1 aliphatic rings. The van der Waals surface area contributed by atoms with Crippen LogP contribution in [0, 0.1) is 6.92 Å². The summed E-state index contributed by atoms with van der Waals surface area (Å²) in [5.74, 6) is 0.338. The average Bonchev–Trinajstić information content (AvgIpc) is 2.83. The smallest absolute Gasteiger partial charge is 0.261 e. The number of carbonyl (C=O) groups excluding carboxylic acids is 2. The van der Waals surface area contributed by atoms with Crippen LogP contribution in [0.1, 0.15) is 56.6 Å². The Morgan fingerprint density at radius 1 is 1.12 bits per heavy atom. The number of nitrogens with one attached hydrogen (secondary N) is 1. The van der Waals surface area contributed by atoms with Gasteiger partial charge < -0.3 is 15.0 Å². The molecule has 0 radical (unpaired) electrons. The molecular weight excluding hydrogens is 436 g/mol. The first kappa shape index (κ1) is 25.1. The molecule has 2 aromatic rings. The van der Waals surface area contributed by atoms with Gasteiger partial charge in [-0.1, -0.05) is 68.1 Å². The van der Waals surface area contributed by atoms with E-state index in [9.17, 15) is 9.59 Å². The summed E-state index contributed by atoms with van der Waals surface area (Å²) in [6.07, 6.45) is 6.78. The molecule has 1 saturated carbocycles. The summed E-state index contributed by atoms with van der Waals surface area (Å²) in [4.78, 5) is 28.2. The Hall–Kier alpha value is -2.53. The second-order valence-electron chi connectivity index (χ2n) is 8.79. The van der Waals surface area contributed by atoms with Crippen LogP contribution >= 0.6 is 11.6 Å². The van der Waals surface area contributed by atoms with Gasteiger partial charge >= 0.3 is 0 Å². The maximum atomic E-state index is 13.3. The Balaban J connectivity index is 1.70. The molecule has 0 aromatic heterocycles. The molecule has 0 unspecified atom stereocenters. The van der Waals surface area contributed by atoms with Crippen molar-refractivity contribution in [2.24, 2.45) is 0 Å². The van der Waals surface area contributed by atoms with Crippen LogP contribution in [0.5, 0.6) is 5.75 Å². The van der Waals surface area contributed by atoms with E-state index in [4.69, 9.17) is 16.3 Å². The highest BCUT2D eigenvalue weighted by Crippen LogP contribution is 2.22. The summed E-state index contributed by atoms with van der Waals surface area (Å²) in [7, 11) is 0. The van der Waals surface area contributed by atoms with Gasteiger partial charge in [-0.15, -0.1) is 0 Å². The third-order valence-corrected chi connectivity index (χ3v) is 6.74. The maximum absolute atomic E-state index is 13.3. The Morgan fingerprint density at radius 2 is 1.85 bits per heavy atom. The molecule has 0 spiro atoms. The van der Waals surface area contributed by atoms with Gasteiger partial charge in [0.05, 0.1) is 0 Å². The molecule has 33 heavy (non-hydrogen) atoms. The number of aryl methyl sites for hydroxylation is 1. The summed E-state index contributed by atoms with van der Waals surface area (Å²) in [5, 5.41) is 3.86. The predicted molar refractivity (Wildman–Crippen MR) is 133 cm³/mol. The van der Waals surface area contributed by atoms with E-state index >= 15 is 0 Å². The van der Waals surface area contributed by atoms with Crippen LogP contribution in [0.3, 0.4) is 0 Å². The highest BCUT2D eigenvalue weighted by Gasteiger charge is 2.30. The Bertz CT molecular complexity index is 913. The van der Waals surface area contributed by atoms with E-state index < -0.39 is 6.04 Å². The van der Waals surface area contributed by atoms with Crippen LogP contribution in [0.15, 0.2) is 48.5 Å². The van der Waals surface area contributed by atoms with Gasteiger partial charge in [0.15, 0.2) is 6.61 Å². The molecule has 1 atom stereocenters. The minimum atomic E-state index is -0.515. The van der Waals surface area contributed by atoms with Crippen molar-refractivity contribution in [2.75, 3.05) is 13.2 Å². The number of hydrogen-bond acceptors (Lipinski definition) is 3. The number of rotatable bonds is 10. The van der Waals surface area contributed by atoms with Crippen molar-refractivity contribution in [3.05, 3.63) is 64.7 Å². The first-order valence-electron chi connectivity index (χ1n) is 12.0. The van der Waals surface area contributed by atoms with Gasteiger partial charge in [0, 0.05) is 17.6 Å². The number of nitrogens with zero attached hydrogens (tertiary/aromatic N) is 1. The van der Waals surface area contributed by atoms with Crippen molar-refractivity contribution in [2.45, 2.75) is 70.9 Å². The van der Waals surface area contributed by atoms with Gasteiger partial charge in [-0.05, 0) is 61.9 Å². The van der Waals surface area contributed by atoms with Gasteiger partial charge in [-0.2, -0.15) is 0 Å². The fraction of sp³-hybridized carbons (Fsp3) is 0.481. The van der Waals surface area contributed by atoms with Gasteiger partial charge in [-0.3, -0.25) is 9.59 Å². The van der Waals surface area contributed by atoms with E-state index in [1.807, 2.05) is 50.2 Å². The highest BCUT2D eigenvalue weighted by atomic mass is 35.5. The predicted octanol–water partition coefficient (Wildman–Crippen LogP) is 5.33. The first-order chi connectivity index (χ1) is 16.0. The minimum Gasteiger partial charge on any atom is -0.484 e. The lowest BCUT2D eigenvalue weighted by Crippen LogP contribution is -2.53. The second kappa shape index (κ2) is 12.6. The number of carbonyl (C=O) groups is 2. The zero-order valence-electron chi connectivity index (χ0n) is 19.7. The number of ether oxygens (including phenoxy) is 1. The normalized spacial score (nSPS) is 15.0. The zero-order chi connectivity index (χ0) is 23.6. The number of hydrogen-bond donors (Lipinski definition) is 1. The zero-order valence-corrected chi connectivity index (χ0v) is 20.4. The summed E-state index contributed by atoms with van der Waals surface area (Å²) >= 11 is 6.09. The molecule has 2 aromatic carbocycles. The summed E-state index contributed by atoms with van der Waals surface area (Å²) < 4.78 is 5.78. The molecule has 178 valence electrons. The quantitative estimate of drug-likeness (QED) is 0.510. The average molecular weight is 471 g/mol.